The van der Waals surface area contributed by atoms with Crippen molar-refractivity contribution in [3.63, 3.8) is 0 Å². The van der Waals surface area contributed by atoms with E-state index in [1.165, 1.54) is 31.2 Å². The summed E-state index contributed by atoms with van der Waals surface area (Å²) in [7, 11) is 0. The number of hydrogen-bond acceptors (Lipinski definition) is 28. The zero-order chi connectivity index (χ0) is 86.2. The number of aliphatic hydroxyl groups is 6. The lowest BCUT2D eigenvalue weighted by atomic mass is 9.84. The van der Waals surface area contributed by atoms with Crippen LogP contribution >= 0.6 is 23.2 Å². The number of primary amides is 1. The third kappa shape index (κ3) is 18.0. The zero-order valence-corrected chi connectivity index (χ0v) is 64.9. The van der Waals surface area contributed by atoms with Crippen molar-refractivity contribution in [1.82, 2.24) is 31.9 Å². The van der Waals surface area contributed by atoms with E-state index in [-0.39, 0.29) is 64.0 Å². The van der Waals surface area contributed by atoms with Gasteiger partial charge < -0.3 is 133 Å². The maximum absolute atomic E-state index is 16.0. The predicted molar refractivity (Wildman–Crippen MR) is 419 cm³/mol. The predicted octanol–water partition coefficient (Wildman–Crippen LogP) is 4.19. The van der Waals surface area contributed by atoms with Gasteiger partial charge in [-0.1, -0.05) is 89.9 Å². The molecule has 2 saturated heterocycles. The minimum atomic E-state index is -2.35. The molecule has 0 radical (unpaired) electrons. The largest absolute Gasteiger partial charge is 0.508 e. The molecule has 37 nitrogen and oxygen atoms in total. The number of carboxylic acids is 1. The second kappa shape index (κ2) is 35.3. The number of anilines is 1. The van der Waals surface area contributed by atoms with Gasteiger partial charge in [0.25, 0.3) is 5.91 Å². The van der Waals surface area contributed by atoms with Crippen molar-refractivity contribution in [3.05, 3.63) is 216 Å². The Bertz CT molecular complexity index is 5380. The summed E-state index contributed by atoms with van der Waals surface area (Å²) in [6.45, 7) is 3.65. The van der Waals surface area contributed by atoms with E-state index in [1.54, 1.807) is 68.4 Å². The van der Waals surface area contributed by atoms with Crippen LogP contribution in [-0.2, 0) is 60.9 Å². The molecule has 3 unspecified atom stereocenters. The summed E-state index contributed by atoms with van der Waals surface area (Å²) < 4.78 is 45.1. The number of phenols is 3. The number of nitrogens with two attached hydrogens (primary N) is 2. The molecule has 120 heavy (non-hydrogen) atoms. The van der Waals surface area contributed by atoms with E-state index in [4.69, 9.17) is 67.8 Å². The van der Waals surface area contributed by atoms with Crippen LogP contribution in [0.3, 0.4) is 0 Å². The number of carbonyl (C=O) groups is 8. The average Bonchev–Trinajstić information content (AvgIpc) is 0.765. The molecule has 2 fully saturated rings. The van der Waals surface area contributed by atoms with Gasteiger partial charge in [0.15, 0.2) is 29.9 Å². The van der Waals surface area contributed by atoms with Crippen LogP contribution in [-0.4, -0.2) is 183 Å². The molecule has 7 heterocycles. The van der Waals surface area contributed by atoms with E-state index < -0.39 is 242 Å². The fraction of sp³-hybridized carbons (Fsp3) is 0.309. The average molecular weight is 1700 g/mol. The van der Waals surface area contributed by atoms with E-state index in [9.17, 15) is 85.2 Å². The number of aliphatic carboxylic acids is 1. The highest BCUT2D eigenvalue weighted by Crippen LogP contribution is 2.50. The molecule has 0 aliphatic carbocycles. The van der Waals surface area contributed by atoms with Crippen LogP contribution in [0.25, 0.3) is 11.1 Å². The van der Waals surface area contributed by atoms with Crippen LogP contribution in [0.15, 0.2) is 146 Å². The van der Waals surface area contributed by atoms with Gasteiger partial charge in [0, 0.05) is 46.9 Å². The number of amides is 7. The summed E-state index contributed by atoms with van der Waals surface area (Å²) >= 11 is 14.1. The number of hydrogen-bond donors (Lipinski definition) is 19. The maximum Gasteiger partial charge on any atom is 0.330 e. The number of nitro groups is 1. The number of aliphatic hydroxyl groups excluding tert-OH is 6. The lowest BCUT2D eigenvalue weighted by molar-refractivity contribution is -0.386. The molecule has 0 saturated carbocycles. The number of aromatic hydroxyl groups is 3. The van der Waals surface area contributed by atoms with Gasteiger partial charge in [0.2, 0.25) is 53.2 Å². The Balaban J connectivity index is 0.904. The highest BCUT2D eigenvalue weighted by molar-refractivity contribution is 6.32. The Labute approximate surface area is 690 Å². The smallest absolute Gasteiger partial charge is 0.330 e. The molecule has 0 aromatic heterocycles. The molecule has 0 spiro atoms. The quantitative estimate of drug-likeness (QED) is 0.0449. The van der Waals surface area contributed by atoms with E-state index >= 15 is 14.4 Å². The molecule has 39 heteroatoms. The summed E-state index contributed by atoms with van der Waals surface area (Å²) in [6.07, 6.45) is -19.5. The Morgan fingerprint density at radius 2 is 1.32 bits per heavy atom. The van der Waals surface area contributed by atoms with Crippen LogP contribution in [0.4, 0.5) is 11.4 Å². The van der Waals surface area contributed by atoms with E-state index in [0.29, 0.717) is 11.1 Å². The van der Waals surface area contributed by atoms with E-state index in [0.717, 1.165) is 72.3 Å². The summed E-state index contributed by atoms with van der Waals surface area (Å²) in [4.78, 5) is 128. The minimum Gasteiger partial charge on any atom is -0.508 e. The Morgan fingerprint density at radius 1 is 0.675 bits per heavy atom. The highest BCUT2D eigenvalue weighted by atomic mass is 35.5. The molecule has 7 aliphatic heterocycles. The number of carboxylic acid groups (broad SMARTS) is 1. The number of rotatable bonds is 17. The van der Waals surface area contributed by atoms with Crippen LogP contribution in [0, 0.1) is 17.0 Å². The van der Waals surface area contributed by atoms with Gasteiger partial charge in [0.05, 0.1) is 40.2 Å². The summed E-state index contributed by atoms with van der Waals surface area (Å²) in [5.41, 5.74) is 8.72. The van der Waals surface area contributed by atoms with Crippen molar-refractivity contribution >= 4 is 81.9 Å². The number of halogens is 2. The Kier molecular flexibility index (Phi) is 25.2. The summed E-state index contributed by atoms with van der Waals surface area (Å²) in [5.74, 6) is -16.1. The number of nitrogens with zero attached hydrogens (tertiary/aromatic N) is 1. The molecule has 15 rings (SSSR count). The first-order chi connectivity index (χ1) is 57.1. The fourth-order valence-electron chi connectivity index (χ4n) is 14.6. The van der Waals surface area contributed by atoms with Crippen molar-refractivity contribution in [2.45, 2.75) is 150 Å². The number of phenolic OH excluding ortho intramolecular Hbond substituents is 3. The molecule has 7 amide bonds. The number of nitrogens with one attached hydrogen (secondary N) is 7. The number of benzene rings is 8. The highest BCUT2D eigenvalue weighted by Gasteiger charge is 2.52. The summed E-state index contributed by atoms with van der Waals surface area (Å²) in [6, 6.07) is 18.5. The second-order valence-corrected chi connectivity index (χ2v) is 30.2. The number of nitro benzene ring substituents is 1. The van der Waals surface area contributed by atoms with E-state index in [1.807, 2.05) is 0 Å². The third-order valence-corrected chi connectivity index (χ3v) is 21.6. The Hall–Kier alpha value is -12.3. The normalized spacial score (nSPS) is 26.2. The molecule has 17 atom stereocenters. The van der Waals surface area contributed by atoms with Crippen LogP contribution in [0.2, 0.25) is 10.0 Å². The topological polar surface area (TPSA) is 583 Å². The van der Waals surface area contributed by atoms with Crippen molar-refractivity contribution in [3.8, 4) is 62.9 Å². The zero-order valence-electron chi connectivity index (χ0n) is 63.4. The maximum atomic E-state index is 16.0. The molecular formula is C81H80Cl2N10O27. The number of carbonyl (C=O) groups excluding carboxylic acids is 7. The van der Waals surface area contributed by atoms with Gasteiger partial charge in [-0.15, -0.1) is 0 Å². The lowest BCUT2D eigenvalue weighted by Crippen LogP contribution is -2.65. The SMILES string of the molecule is Cc1ccc(C(=O)Nc2cccc(CNC3(C)C[C@H](O[C@H]4C(Oc5c6cc7cc5Oc5ccc(cc5Cl)[C@@H](O)[C@H]5NC(=O)[C@@H](NC(=O)C7NC(=O)[C@H](CC(N)=O)NC(=O)[C@H](N)[C@H](O)c7ccc(c(Cl)c7)O6)c6ccc(O)c(c6)-c6c(O)cc(O)cc6[C@H](C(=O)O)NC5=O)O[C@@H](CO)[C@@H](O)[C@H]4O)O[C@H](C)[C@@H]3O)c2)c([N+](=O)[O-])c1OCc1ccccc1. The van der Waals surface area contributed by atoms with Crippen molar-refractivity contribution in [1.29, 1.82) is 0 Å². The Morgan fingerprint density at radius 3 is 1.97 bits per heavy atom. The second-order valence-electron chi connectivity index (χ2n) is 29.3. The fourth-order valence-corrected chi connectivity index (χ4v) is 15.1. The van der Waals surface area contributed by atoms with E-state index in [2.05, 4.69) is 37.2 Å². The van der Waals surface area contributed by atoms with Gasteiger partial charge >= 0.3 is 11.7 Å². The number of fused-ring (bicyclic) bond motifs is 15. The van der Waals surface area contributed by atoms with Crippen LogP contribution < -0.4 is 67.6 Å². The lowest BCUT2D eigenvalue weighted by Gasteiger charge is -2.48. The summed E-state index contributed by atoms with van der Waals surface area (Å²) in [5, 5.41) is 145. The standard InChI is InChI=1S/C81H80Cl2N10O27/c1-33-12-16-43(64(93(112)113)69(33)114-32-35-8-5-4-6-9-35)73(104)87-41-11-7-10-36(20-41)30-86-81(3)29-57(115-34(2)72(81)103)119-71-68(102)67(101)55(31-94)118-80(71)120-70-53-24-40-25-54(70)117-52-19-15-39(23-47(52)83)66(100)63-78(109)91-62(79(110)111)45-26-42(95)27-50(97)58(45)44-21-37(13-17-49(44)96)60(76(107)92-63)90-77(108)61(40)89-74(105)48(28-56(84)98)88-75(106)59(85)65(99)38-14-18-51(116-53)46(82)22-38/h4-27,34,48,55,57,59-63,65-68,71-72,80,86,94-97,99-103H,28-32,85H2,1-3H3,(H2,84,98)(H,87,104)(H,88,106)(H,89,105)(H,90,108)(H,91,109)(H,92,107)(H,110,111)/t34-,48+,55+,57+,59-,60+,61?,62-,63-,65-,66-,67-,68-,71-,72+,80?,81?/m1/s1. The molecule has 8 aromatic carbocycles. The first kappa shape index (κ1) is 85.5. The molecular weight excluding hydrogens is 1620 g/mol. The van der Waals surface area contributed by atoms with Crippen LogP contribution in [0.1, 0.15) is 112 Å². The number of aryl methyl sites for hydroxylation is 1. The van der Waals surface area contributed by atoms with Crippen molar-refractivity contribution in [2.24, 2.45) is 11.5 Å². The monoisotopic (exact) mass is 1690 g/mol. The number of ether oxygens (including phenoxy) is 7. The third-order valence-electron chi connectivity index (χ3n) is 21.0. The first-order valence-corrected chi connectivity index (χ1v) is 37.9. The van der Waals surface area contributed by atoms with Gasteiger partial charge in [0.1, 0.15) is 102 Å². The molecule has 630 valence electrons. The first-order valence-electron chi connectivity index (χ1n) is 37.1. The minimum absolute atomic E-state index is 0.0248. The van der Waals surface area contributed by atoms with Crippen molar-refractivity contribution in [2.75, 3.05) is 11.9 Å². The van der Waals surface area contributed by atoms with Gasteiger partial charge in [-0.3, -0.25) is 43.7 Å². The van der Waals surface area contributed by atoms with Crippen molar-refractivity contribution < 1.29 is 128 Å². The van der Waals surface area contributed by atoms with Gasteiger partial charge in [-0.2, -0.15) is 0 Å². The molecule has 7 aliphatic rings. The molecule has 8 aromatic rings. The van der Waals surface area contributed by atoms with Gasteiger partial charge in [-0.25, -0.2) is 4.79 Å². The molecule has 21 N–H and O–H groups in total. The van der Waals surface area contributed by atoms with Crippen LogP contribution in [0.5, 0.6) is 51.7 Å². The molecule has 11 bridgehead atoms. The van der Waals surface area contributed by atoms with Gasteiger partial charge in [-0.05, 0) is 133 Å².